The van der Waals surface area contributed by atoms with E-state index in [-0.39, 0.29) is 30.3 Å². The first kappa shape index (κ1) is 23.2. The second-order valence-corrected chi connectivity index (χ2v) is 6.95. The van der Waals surface area contributed by atoms with Crippen LogP contribution in [0.15, 0.2) is 18.2 Å². The standard InChI is InChI=1S/C20H31N3O3.ClH/c1-15-6-7-16(2)18(13-15)26-12-9-20(25)23-11-4-3-5-17(23)14-22-19(24)8-10-21;/h6-7,13,17H,3-5,8-12,14,21H2,1-2H3,(H,22,24);1H. The van der Waals surface area contributed by atoms with Gasteiger partial charge in [0.15, 0.2) is 0 Å². The summed E-state index contributed by atoms with van der Waals surface area (Å²) in [6.07, 6.45) is 3.69. The van der Waals surface area contributed by atoms with E-state index in [2.05, 4.69) is 5.32 Å². The highest BCUT2D eigenvalue weighted by atomic mass is 35.5. The van der Waals surface area contributed by atoms with E-state index in [4.69, 9.17) is 10.5 Å². The Bertz CT molecular complexity index is 624. The number of nitrogens with one attached hydrogen (secondary N) is 1. The number of hydrogen-bond acceptors (Lipinski definition) is 4. The highest BCUT2D eigenvalue weighted by Gasteiger charge is 2.26. The Labute approximate surface area is 168 Å². The summed E-state index contributed by atoms with van der Waals surface area (Å²) in [7, 11) is 0. The van der Waals surface area contributed by atoms with E-state index in [1.54, 1.807) is 0 Å². The van der Waals surface area contributed by atoms with E-state index in [9.17, 15) is 9.59 Å². The molecule has 1 heterocycles. The Hall–Kier alpha value is -1.79. The van der Waals surface area contributed by atoms with Crippen LogP contribution in [-0.4, -0.2) is 49.0 Å². The molecule has 0 radical (unpaired) electrons. The predicted molar refractivity (Wildman–Crippen MR) is 109 cm³/mol. The van der Waals surface area contributed by atoms with Crippen LogP contribution in [0.4, 0.5) is 0 Å². The Morgan fingerprint density at radius 2 is 2.04 bits per heavy atom. The van der Waals surface area contributed by atoms with Crippen LogP contribution in [0, 0.1) is 13.8 Å². The molecule has 27 heavy (non-hydrogen) atoms. The van der Waals surface area contributed by atoms with Crippen molar-refractivity contribution in [3.63, 3.8) is 0 Å². The van der Waals surface area contributed by atoms with Crippen LogP contribution in [-0.2, 0) is 9.59 Å². The fourth-order valence-electron chi connectivity index (χ4n) is 3.25. The van der Waals surface area contributed by atoms with Crippen LogP contribution in [0.2, 0.25) is 0 Å². The maximum atomic E-state index is 12.6. The zero-order chi connectivity index (χ0) is 18.9. The summed E-state index contributed by atoms with van der Waals surface area (Å²) in [6, 6.07) is 6.14. The minimum absolute atomic E-state index is 0. The number of ether oxygens (including phenoxy) is 1. The van der Waals surface area contributed by atoms with Crippen LogP contribution < -0.4 is 15.8 Å². The van der Waals surface area contributed by atoms with Crippen LogP contribution in [0.5, 0.6) is 5.75 Å². The van der Waals surface area contributed by atoms with E-state index >= 15 is 0 Å². The third-order valence-electron chi connectivity index (χ3n) is 4.77. The monoisotopic (exact) mass is 397 g/mol. The van der Waals surface area contributed by atoms with Crippen LogP contribution in [0.1, 0.15) is 43.2 Å². The van der Waals surface area contributed by atoms with Crippen molar-refractivity contribution < 1.29 is 14.3 Å². The highest BCUT2D eigenvalue weighted by molar-refractivity contribution is 5.85. The molecule has 7 heteroatoms. The number of piperidine rings is 1. The lowest BCUT2D eigenvalue weighted by Crippen LogP contribution is -2.49. The van der Waals surface area contributed by atoms with Crippen LogP contribution in [0.3, 0.4) is 0 Å². The van der Waals surface area contributed by atoms with E-state index < -0.39 is 0 Å². The fourth-order valence-corrected chi connectivity index (χ4v) is 3.25. The maximum Gasteiger partial charge on any atom is 0.226 e. The topological polar surface area (TPSA) is 84.7 Å². The second kappa shape index (κ2) is 11.8. The molecule has 152 valence electrons. The van der Waals surface area contributed by atoms with Gasteiger partial charge in [-0.3, -0.25) is 9.59 Å². The number of amides is 2. The third-order valence-corrected chi connectivity index (χ3v) is 4.77. The van der Waals surface area contributed by atoms with Gasteiger partial charge in [-0.1, -0.05) is 12.1 Å². The average Bonchev–Trinajstić information content (AvgIpc) is 2.63. The van der Waals surface area contributed by atoms with E-state index in [0.717, 1.165) is 42.7 Å². The molecule has 6 nitrogen and oxygen atoms in total. The summed E-state index contributed by atoms with van der Waals surface area (Å²) in [4.78, 5) is 26.2. The molecule has 1 aromatic rings. The normalized spacial score (nSPS) is 16.4. The van der Waals surface area contributed by atoms with Crippen molar-refractivity contribution in [2.24, 2.45) is 5.73 Å². The van der Waals surface area contributed by atoms with Gasteiger partial charge in [-0.15, -0.1) is 12.4 Å². The molecule has 0 spiro atoms. The Morgan fingerprint density at radius 1 is 1.26 bits per heavy atom. The average molecular weight is 398 g/mol. The van der Waals surface area contributed by atoms with Gasteiger partial charge in [0.1, 0.15) is 5.75 Å². The van der Waals surface area contributed by atoms with Crippen molar-refractivity contribution in [2.45, 2.75) is 52.0 Å². The predicted octanol–water partition coefficient (Wildman–Crippen LogP) is 2.34. The second-order valence-electron chi connectivity index (χ2n) is 6.95. The van der Waals surface area contributed by atoms with Gasteiger partial charge in [-0.25, -0.2) is 0 Å². The summed E-state index contributed by atoms with van der Waals surface area (Å²) in [5.41, 5.74) is 7.61. The molecule has 2 amide bonds. The van der Waals surface area contributed by atoms with Gasteiger partial charge in [0, 0.05) is 32.1 Å². The fraction of sp³-hybridized carbons (Fsp3) is 0.600. The zero-order valence-corrected chi connectivity index (χ0v) is 17.1. The third kappa shape index (κ3) is 7.39. The Balaban J connectivity index is 0.00000364. The molecule has 1 saturated heterocycles. The van der Waals surface area contributed by atoms with Crippen LogP contribution >= 0.6 is 12.4 Å². The van der Waals surface area contributed by atoms with E-state index in [1.807, 2.05) is 36.9 Å². The van der Waals surface area contributed by atoms with Crippen molar-refractivity contribution in [3.8, 4) is 5.75 Å². The molecule has 2 rings (SSSR count). The van der Waals surface area contributed by atoms with Crippen molar-refractivity contribution in [3.05, 3.63) is 29.3 Å². The number of rotatable bonds is 8. The molecule has 1 atom stereocenters. The summed E-state index contributed by atoms with van der Waals surface area (Å²) in [5.74, 6) is 0.874. The highest BCUT2D eigenvalue weighted by Crippen LogP contribution is 2.20. The first-order chi connectivity index (χ1) is 12.5. The number of nitrogens with two attached hydrogens (primary N) is 1. The molecular weight excluding hydrogens is 366 g/mol. The molecule has 1 fully saturated rings. The number of aryl methyl sites for hydroxylation is 2. The van der Waals surface area contributed by atoms with Crippen molar-refractivity contribution in [1.29, 1.82) is 0 Å². The quantitative estimate of drug-likeness (QED) is 0.705. The lowest BCUT2D eigenvalue weighted by atomic mass is 10.0. The zero-order valence-electron chi connectivity index (χ0n) is 16.3. The van der Waals surface area contributed by atoms with Crippen molar-refractivity contribution in [1.82, 2.24) is 10.2 Å². The van der Waals surface area contributed by atoms with E-state index in [0.29, 0.717) is 32.5 Å². The summed E-state index contributed by atoms with van der Waals surface area (Å²) in [6.45, 7) is 5.99. The molecular formula is C20H32ClN3O3. The van der Waals surface area contributed by atoms with Gasteiger partial charge in [-0.05, 0) is 50.3 Å². The number of nitrogens with zero attached hydrogens (tertiary/aromatic N) is 1. The lowest BCUT2D eigenvalue weighted by molar-refractivity contribution is -0.136. The van der Waals surface area contributed by atoms with Gasteiger partial charge < -0.3 is 20.7 Å². The molecule has 3 N–H and O–H groups in total. The molecule has 1 aliphatic heterocycles. The number of halogens is 1. The minimum atomic E-state index is -0.0521. The first-order valence-corrected chi connectivity index (χ1v) is 9.47. The minimum Gasteiger partial charge on any atom is -0.493 e. The van der Waals surface area contributed by atoms with Crippen LogP contribution in [0.25, 0.3) is 0 Å². The summed E-state index contributed by atoms with van der Waals surface area (Å²) >= 11 is 0. The molecule has 1 aliphatic rings. The number of hydrogen-bond donors (Lipinski definition) is 2. The maximum absolute atomic E-state index is 12.6. The molecule has 1 unspecified atom stereocenters. The van der Waals surface area contributed by atoms with Gasteiger partial charge in [0.2, 0.25) is 11.8 Å². The number of carbonyl (C=O) groups is 2. The first-order valence-electron chi connectivity index (χ1n) is 9.47. The Morgan fingerprint density at radius 3 is 2.78 bits per heavy atom. The molecule has 0 saturated carbocycles. The van der Waals surface area contributed by atoms with E-state index in [1.165, 1.54) is 0 Å². The molecule has 0 aliphatic carbocycles. The van der Waals surface area contributed by atoms with Gasteiger partial charge >= 0.3 is 0 Å². The molecule has 1 aromatic carbocycles. The lowest BCUT2D eigenvalue weighted by Gasteiger charge is -2.36. The van der Waals surface area contributed by atoms with Gasteiger partial charge in [0.05, 0.1) is 13.0 Å². The number of benzene rings is 1. The van der Waals surface area contributed by atoms with Crippen molar-refractivity contribution in [2.75, 3.05) is 26.2 Å². The largest absolute Gasteiger partial charge is 0.493 e. The van der Waals surface area contributed by atoms with Crippen molar-refractivity contribution >= 4 is 24.2 Å². The number of carbonyl (C=O) groups excluding carboxylic acids is 2. The molecule has 0 bridgehead atoms. The van der Waals surface area contributed by atoms with Gasteiger partial charge in [0.25, 0.3) is 0 Å². The smallest absolute Gasteiger partial charge is 0.226 e. The molecule has 0 aromatic heterocycles. The Kier molecular flexibility index (Phi) is 10.2. The SMILES string of the molecule is Cc1ccc(C)c(OCCC(=O)N2CCCCC2CNC(=O)CCN)c1.Cl. The number of likely N-dealkylation sites (tertiary alicyclic amines) is 1. The summed E-state index contributed by atoms with van der Waals surface area (Å²) < 4.78 is 5.81. The van der Waals surface area contributed by atoms with Gasteiger partial charge in [-0.2, -0.15) is 0 Å². The summed E-state index contributed by atoms with van der Waals surface area (Å²) in [5, 5.41) is 2.89.